The van der Waals surface area contributed by atoms with E-state index in [-0.39, 0.29) is 12.4 Å². The van der Waals surface area contributed by atoms with Crippen molar-refractivity contribution < 1.29 is 9.13 Å². The fraction of sp³-hybridized carbons (Fsp3) is 0.133. The molecule has 2 aromatic carbocycles. The first-order valence-electron chi connectivity index (χ1n) is 5.97. The molecule has 0 spiro atoms. The summed E-state index contributed by atoms with van der Waals surface area (Å²) in [6.07, 6.45) is 0. The molecule has 102 valence electrons. The number of rotatable bonds is 5. The van der Waals surface area contributed by atoms with E-state index in [0.717, 1.165) is 10.0 Å². The summed E-state index contributed by atoms with van der Waals surface area (Å²) in [5, 5.41) is 11.6. The molecule has 0 radical (unpaired) electrons. The van der Waals surface area contributed by atoms with Crippen molar-refractivity contribution >= 4 is 21.6 Å². The van der Waals surface area contributed by atoms with Crippen LogP contribution >= 0.6 is 15.9 Å². The summed E-state index contributed by atoms with van der Waals surface area (Å²) in [6.45, 7) is 0.400. The standard InChI is InChI=1S/C15H12BrFN2O/c16-12-5-6-13(17)14(9-12)19-10-11-3-1-2-4-15(11)20-8-7-18/h1-6,9,19H,8,10H2. The lowest BCUT2D eigenvalue weighted by Gasteiger charge is -2.12. The third-order valence-corrected chi connectivity index (χ3v) is 3.16. The van der Waals surface area contributed by atoms with Crippen molar-refractivity contribution in [2.75, 3.05) is 11.9 Å². The molecule has 0 aliphatic heterocycles. The molecule has 1 N–H and O–H groups in total. The van der Waals surface area contributed by atoms with Gasteiger partial charge in [0.2, 0.25) is 0 Å². The minimum Gasteiger partial charge on any atom is -0.478 e. The van der Waals surface area contributed by atoms with Crippen molar-refractivity contribution in [3.8, 4) is 11.8 Å². The highest BCUT2D eigenvalue weighted by molar-refractivity contribution is 9.10. The van der Waals surface area contributed by atoms with Crippen molar-refractivity contribution in [1.29, 1.82) is 5.26 Å². The summed E-state index contributed by atoms with van der Waals surface area (Å²) >= 11 is 3.30. The fourth-order valence-corrected chi connectivity index (χ4v) is 2.09. The van der Waals surface area contributed by atoms with Gasteiger partial charge in [0.15, 0.2) is 6.61 Å². The lowest BCUT2D eigenvalue weighted by molar-refractivity contribution is 0.364. The van der Waals surface area contributed by atoms with Crippen LogP contribution in [0.4, 0.5) is 10.1 Å². The highest BCUT2D eigenvalue weighted by Gasteiger charge is 2.06. The van der Waals surface area contributed by atoms with Crippen LogP contribution in [0.5, 0.6) is 5.75 Å². The number of para-hydroxylation sites is 1. The van der Waals surface area contributed by atoms with E-state index >= 15 is 0 Å². The first kappa shape index (κ1) is 14.4. The van der Waals surface area contributed by atoms with Crippen LogP contribution in [0.15, 0.2) is 46.9 Å². The average Bonchev–Trinajstić information content (AvgIpc) is 2.47. The zero-order valence-corrected chi connectivity index (χ0v) is 12.2. The zero-order valence-electron chi connectivity index (χ0n) is 10.6. The summed E-state index contributed by atoms with van der Waals surface area (Å²) < 4.78 is 19.7. The fourth-order valence-electron chi connectivity index (χ4n) is 1.72. The molecule has 0 aliphatic rings. The van der Waals surface area contributed by atoms with Crippen molar-refractivity contribution in [3.63, 3.8) is 0 Å². The summed E-state index contributed by atoms with van der Waals surface area (Å²) in [4.78, 5) is 0. The zero-order chi connectivity index (χ0) is 14.4. The molecular formula is C15H12BrFN2O. The SMILES string of the molecule is N#CCOc1ccccc1CNc1cc(Br)ccc1F. The van der Waals surface area contributed by atoms with E-state index in [0.29, 0.717) is 18.0 Å². The Labute approximate surface area is 125 Å². The van der Waals surface area contributed by atoms with Crippen LogP contribution in [0.1, 0.15) is 5.56 Å². The highest BCUT2D eigenvalue weighted by atomic mass is 79.9. The van der Waals surface area contributed by atoms with Gasteiger partial charge in [-0.1, -0.05) is 34.1 Å². The van der Waals surface area contributed by atoms with Crippen LogP contribution in [0.3, 0.4) is 0 Å². The van der Waals surface area contributed by atoms with Gasteiger partial charge in [-0.2, -0.15) is 5.26 Å². The number of ether oxygens (including phenoxy) is 1. The Balaban J connectivity index is 2.11. The third-order valence-electron chi connectivity index (χ3n) is 2.66. The number of hydrogen-bond acceptors (Lipinski definition) is 3. The maximum absolute atomic E-state index is 13.6. The van der Waals surface area contributed by atoms with Crippen molar-refractivity contribution in [1.82, 2.24) is 0 Å². The first-order chi connectivity index (χ1) is 9.70. The highest BCUT2D eigenvalue weighted by Crippen LogP contribution is 2.23. The van der Waals surface area contributed by atoms with E-state index in [1.165, 1.54) is 6.07 Å². The number of halogens is 2. The largest absolute Gasteiger partial charge is 0.478 e. The molecule has 0 unspecified atom stereocenters. The summed E-state index contributed by atoms with van der Waals surface area (Å²) in [5.41, 5.74) is 1.27. The van der Waals surface area contributed by atoms with Gasteiger partial charge in [0.1, 0.15) is 17.6 Å². The number of nitrogens with one attached hydrogen (secondary N) is 1. The minimum atomic E-state index is -0.316. The maximum Gasteiger partial charge on any atom is 0.174 e. The Morgan fingerprint density at radius 1 is 1.25 bits per heavy atom. The van der Waals surface area contributed by atoms with Gasteiger partial charge in [0.25, 0.3) is 0 Å². The molecule has 0 saturated carbocycles. The number of nitriles is 1. The predicted octanol–water partition coefficient (Wildman–Crippen LogP) is 4.10. The molecule has 0 bridgehead atoms. The Morgan fingerprint density at radius 3 is 2.85 bits per heavy atom. The smallest absolute Gasteiger partial charge is 0.174 e. The van der Waals surface area contributed by atoms with Gasteiger partial charge in [-0.25, -0.2) is 4.39 Å². The second-order valence-electron chi connectivity index (χ2n) is 4.03. The minimum absolute atomic E-state index is 0.0116. The Hall–Kier alpha value is -2.06. The molecule has 2 rings (SSSR count). The third kappa shape index (κ3) is 3.72. The summed E-state index contributed by atoms with van der Waals surface area (Å²) in [6, 6.07) is 14.0. The molecule has 5 heteroatoms. The van der Waals surface area contributed by atoms with Gasteiger partial charge in [-0.05, 0) is 24.3 Å². The van der Waals surface area contributed by atoms with Crippen LogP contribution < -0.4 is 10.1 Å². The predicted molar refractivity (Wildman–Crippen MR) is 79.0 cm³/mol. The van der Waals surface area contributed by atoms with Gasteiger partial charge < -0.3 is 10.1 Å². The second-order valence-corrected chi connectivity index (χ2v) is 4.95. The van der Waals surface area contributed by atoms with E-state index in [1.807, 2.05) is 24.3 Å². The lowest BCUT2D eigenvalue weighted by Crippen LogP contribution is -2.04. The van der Waals surface area contributed by atoms with E-state index in [2.05, 4.69) is 21.2 Å². The first-order valence-corrected chi connectivity index (χ1v) is 6.76. The van der Waals surface area contributed by atoms with Crippen LogP contribution in [0.25, 0.3) is 0 Å². The van der Waals surface area contributed by atoms with E-state index in [1.54, 1.807) is 18.2 Å². The van der Waals surface area contributed by atoms with E-state index < -0.39 is 0 Å². The van der Waals surface area contributed by atoms with Crippen molar-refractivity contribution in [2.45, 2.75) is 6.54 Å². The van der Waals surface area contributed by atoms with Gasteiger partial charge in [-0.15, -0.1) is 0 Å². The quantitative estimate of drug-likeness (QED) is 0.895. The Bertz CT molecular complexity index is 640. The molecule has 0 aromatic heterocycles. The number of benzene rings is 2. The van der Waals surface area contributed by atoms with Crippen LogP contribution in [0.2, 0.25) is 0 Å². The van der Waals surface area contributed by atoms with Crippen LogP contribution in [0, 0.1) is 17.1 Å². The van der Waals surface area contributed by atoms with Crippen molar-refractivity contribution in [2.24, 2.45) is 0 Å². The molecule has 20 heavy (non-hydrogen) atoms. The van der Waals surface area contributed by atoms with Gasteiger partial charge in [0, 0.05) is 16.6 Å². The molecule has 3 nitrogen and oxygen atoms in total. The molecule has 0 fully saturated rings. The topological polar surface area (TPSA) is 45.0 Å². The van der Waals surface area contributed by atoms with Crippen LogP contribution in [-0.2, 0) is 6.54 Å². The monoisotopic (exact) mass is 334 g/mol. The van der Waals surface area contributed by atoms with Gasteiger partial charge in [-0.3, -0.25) is 0 Å². The molecule has 0 heterocycles. The Kier molecular flexibility index (Phi) is 4.97. The molecule has 2 aromatic rings. The molecule has 0 saturated heterocycles. The normalized spacial score (nSPS) is 9.85. The summed E-state index contributed by atoms with van der Waals surface area (Å²) in [5.74, 6) is 0.306. The molecule has 0 aliphatic carbocycles. The average molecular weight is 335 g/mol. The van der Waals surface area contributed by atoms with Crippen molar-refractivity contribution in [3.05, 3.63) is 58.3 Å². The maximum atomic E-state index is 13.6. The van der Waals surface area contributed by atoms with Gasteiger partial charge >= 0.3 is 0 Å². The number of anilines is 1. The molecular weight excluding hydrogens is 323 g/mol. The number of hydrogen-bond donors (Lipinski definition) is 1. The van der Waals surface area contributed by atoms with Gasteiger partial charge in [0.05, 0.1) is 5.69 Å². The van der Waals surface area contributed by atoms with Crippen LogP contribution in [-0.4, -0.2) is 6.61 Å². The molecule has 0 atom stereocenters. The molecule has 0 amide bonds. The second kappa shape index (κ2) is 6.92. The van der Waals surface area contributed by atoms with E-state index in [9.17, 15) is 4.39 Å². The van der Waals surface area contributed by atoms with E-state index in [4.69, 9.17) is 10.00 Å². The Morgan fingerprint density at radius 2 is 2.05 bits per heavy atom. The lowest BCUT2D eigenvalue weighted by atomic mass is 10.2. The number of nitrogens with zero attached hydrogens (tertiary/aromatic N) is 1. The summed E-state index contributed by atoms with van der Waals surface area (Å²) in [7, 11) is 0.